The second kappa shape index (κ2) is 5.43. The molecule has 1 aliphatic carbocycles. The Morgan fingerprint density at radius 1 is 1.44 bits per heavy atom. The highest BCUT2D eigenvalue weighted by atomic mass is 16.3. The van der Waals surface area contributed by atoms with Gasteiger partial charge in [-0.2, -0.15) is 5.10 Å². The van der Waals surface area contributed by atoms with Gasteiger partial charge >= 0.3 is 0 Å². The van der Waals surface area contributed by atoms with Gasteiger partial charge in [0, 0.05) is 18.9 Å². The van der Waals surface area contributed by atoms with E-state index in [-0.39, 0.29) is 0 Å². The summed E-state index contributed by atoms with van der Waals surface area (Å²) in [6.07, 6.45) is 7.92. The Morgan fingerprint density at radius 2 is 2.11 bits per heavy atom. The topological polar surface area (TPSA) is 38.1 Å². The molecule has 1 saturated carbocycles. The molecule has 1 aliphatic rings. The molecule has 1 aromatic rings. The molecule has 1 aromatic heterocycles. The van der Waals surface area contributed by atoms with Crippen molar-refractivity contribution in [1.29, 1.82) is 0 Å². The van der Waals surface area contributed by atoms with Crippen molar-refractivity contribution in [2.45, 2.75) is 58.0 Å². The van der Waals surface area contributed by atoms with Crippen LogP contribution in [0.3, 0.4) is 0 Å². The van der Waals surface area contributed by atoms with Crippen LogP contribution in [-0.2, 0) is 13.5 Å². The molecule has 0 spiro atoms. The molecule has 1 heterocycles. The zero-order chi connectivity index (χ0) is 13.2. The van der Waals surface area contributed by atoms with E-state index in [1.54, 1.807) is 0 Å². The maximum Gasteiger partial charge on any atom is 0.0651 e. The van der Waals surface area contributed by atoms with E-state index in [0.717, 1.165) is 37.5 Å². The highest BCUT2D eigenvalue weighted by Crippen LogP contribution is 2.38. The molecule has 0 amide bonds. The molecule has 1 N–H and O–H groups in total. The number of rotatable bonds is 4. The summed E-state index contributed by atoms with van der Waals surface area (Å²) in [7, 11) is 1.97. The molecule has 3 heteroatoms. The minimum Gasteiger partial charge on any atom is -0.390 e. The van der Waals surface area contributed by atoms with E-state index in [9.17, 15) is 5.11 Å². The fraction of sp³-hybridized carbons (Fsp3) is 0.800. The molecule has 0 bridgehead atoms. The molecule has 2 rings (SSSR count). The summed E-state index contributed by atoms with van der Waals surface area (Å²) in [6.45, 7) is 4.59. The third kappa shape index (κ3) is 3.14. The van der Waals surface area contributed by atoms with Crippen LogP contribution in [0.15, 0.2) is 12.3 Å². The molecule has 102 valence electrons. The molecular formula is C15H26N2O. The second-order valence-electron chi connectivity index (χ2n) is 6.25. The molecule has 0 saturated heterocycles. The van der Waals surface area contributed by atoms with Crippen LogP contribution >= 0.6 is 0 Å². The molecule has 0 aromatic carbocycles. The first-order chi connectivity index (χ1) is 8.50. The Kier molecular flexibility index (Phi) is 4.10. The Balaban J connectivity index is 1.85. The summed E-state index contributed by atoms with van der Waals surface area (Å²) in [5.41, 5.74) is 0.782. The van der Waals surface area contributed by atoms with Crippen molar-refractivity contribution in [2.24, 2.45) is 18.9 Å². The molecule has 18 heavy (non-hydrogen) atoms. The SMILES string of the molecule is CC(C)C1CCC(O)(CCc2ccnn2C)CC1. The van der Waals surface area contributed by atoms with E-state index in [1.807, 2.05) is 24.0 Å². The fourth-order valence-corrected chi connectivity index (χ4v) is 3.10. The van der Waals surface area contributed by atoms with Crippen LogP contribution in [0, 0.1) is 11.8 Å². The van der Waals surface area contributed by atoms with Crippen LogP contribution in [0.4, 0.5) is 0 Å². The van der Waals surface area contributed by atoms with Crippen LogP contribution in [-0.4, -0.2) is 20.5 Å². The van der Waals surface area contributed by atoms with Gasteiger partial charge in [0.15, 0.2) is 0 Å². The monoisotopic (exact) mass is 250 g/mol. The van der Waals surface area contributed by atoms with Crippen LogP contribution in [0.25, 0.3) is 0 Å². The van der Waals surface area contributed by atoms with E-state index in [1.165, 1.54) is 18.5 Å². The van der Waals surface area contributed by atoms with E-state index >= 15 is 0 Å². The van der Waals surface area contributed by atoms with Crippen LogP contribution in [0.1, 0.15) is 51.6 Å². The lowest BCUT2D eigenvalue weighted by molar-refractivity contribution is -0.0219. The largest absolute Gasteiger partial charge is 0.390 e. The third-order valence-electron chi connectivity index (χ3n) is 4.67. The Morgan fingerprint density at radius 3 is 2.61 bits per heavy atom. The average molecular weight is 250 g/mol. The van der Waals surface area contributed by atoms with Gasteiger partial charge in [-0.3, -0.25) is 4.68 Å². The standard InChI is InChI=1S/C15H26N2O/c1-12(2)13-4-8-15(18,9-5-13)10-6-14-7-11-16-17(14)3/h7,11-13,18H,4-6,8-10H2,1-3H3. The lowest BCUT2D eigenvalue weighted by atomic mass is 9.73. The van der Waals surface area contributed by atoms with Crippen LogP contribution < -0.4 is 0 Å². The lowest BCUT2D eigenvalue weighted by Gasteiger charge is -2.37. The second-order valence-corrected chi connectivity index (χ2v) is 6.25. The maximum atomic E-state index is 10.6. The van der Waals surface area contributed by atoms with Gasteiger partial charge in [-0.05, 0) is 56.4 Å². The van der Waals surface area contributed by atoms with Gasteiger partial charge in [0.1, 0.15) is 0 Å². The van der Waals surface area contributed by atoms with Crippen LogP contribution in [0.5, 0.6) is 0 Å². The maximum absolute atomic E-state index is 10.6. The molecule has 1 fully saturated rings. The molecule has 0 radical (unpaired) electrons. The zero-order valence-electron chi connectivity index (χ0n) is 11.9. The first-order valence-electron chi connectivity index (χ1n) is 7.19. The first kappa shape index (κ1) is 13.6. The van der Waals surface area contributed by atoms with Crippen molar-refractivity contribution in [1.82, 2.24) is 9.78 Å². The number of nitrogens with zero attached hydrogens (tertiary/aromatic N) is 2. The van der Waals surface area contributed by atoms with Crippen molar-refractivity contribution in [3.63, 3.8) is 0 Å². The molecule has 0 atom stereocenters. The van der Waals surface area contributed by atoms with Crippen molar-refractivity contribution < 1.29 is 5.11 Å². The predicted molar refractivity (Wildman–Crippen MR) is 73.3 cm³/mol. The summed E-state index contributed by atoms with van der Waals surface area (Å²) >= 11 is 0. The molecule has 3 nitrogen and oxygen atoms in total. The number of hydrogen-bond acceptors (Lipinski definition) is 2. The van der Waals surface area contributed by atoms with Gasteiger partial charge in [0.25, 0.3) is 0 Å². The summed E-state index contributed by atoms with van der Waals surface area (Å²) in [4.78, 5) is 0. The summed E-state index contributed by atoms with van der Waals surface area (Å²) in [5, 5.41) is 14.8. The third-order valence-corrected chi connectivity index (χ3v) is 4.67. The number of hydrogen-bond donors (Lipinski definition) is 1. The Bertz CT molecular complexity index is 376. The van der Waals surface area contributed by atoms with E-state index < -0.39 is 5.60 Å². The van der Waals surface area contributed by atoms with E-state index in [2.05, 4.69) is 18.9 Å². The molecule has 0 aliphatic heterocycles. The number of aromatic nitrogens is 2. The number of aliphatic hydroxyl groups is 1. The van der Waals surface area contributed by atoms with E-state index in [4.69, 9.17) is 0 Å². The summed E-state index contributed by atoms with van der Waals surface area (Å²) < 4.78 is 1.91. The highest BCUT2D eigenvalue weighted by molar-refractivity contribution is 5.01. The zero-order valence-corrected chi connectivity index (χ0v) is 11.9. The van der Waals surface area contributed by atoms with Gasteiger partial charge in [-0.15, -0.1) is 0 Å². The van der Waals surface area contributed by atoms with Gasteiger partial charge in [0.2, 0.25) is 0 Å². The number of aryl methyl sites for hydroxylation is 2. The quantitative estimate of drug-likeness (QED) is 0.892. The van der Waals surface area contributed by atoms with Crippen molar-refractivity contribution in [2.75, 3.05) is 0 Å². The average Bonchev–Trinajstić information content (AvgIpc) is 2.73. The van der Waals surface area contributed by atoms with Gasteiger partial charge in [0.05, 0.1) is 5.60 Å². The summed E-state index contributed by atoms with van der Waals surface area (Å²) in [5.74, 6) is 1.56. The van der Waals surface area contributed by atoms with Crippen molar-refractivity contribution >= 4 is 0 Å². The van der Waals surface area contributed by atoms with Crippen LogP contribution in [0.2, 0.25) is 0 Å². The predicted octanol–water partition coefficient (Wildman–Crippen LogP) is 2.93. The van der Waals surface area contributed by atoms with Gasteiger partial charge in [-0.1, -0.05) is 13.8 Å². The lowest BCUT2D eigenvalue weighted by Crippen LogP contribution is -2.35. The molecule has 0 unspecified atom stereocenters. The van der Waals surface area contributed by atoms with Crippen molar-refractivity contribution in [3.8, 4) is 0 Å². The fourth-order valence-electron chi connectivity index (χ4n) is 3.10. The minimum atomic E-state index is -0.435. The smallest absolute Gasteiger partial charge is 0.0651 e. The minimum absolute atomic E-state index is 0.435. The van der Waals surface area contributed by atoms with Gasteiger partial charge in [-0.25, -0.2) is 0 Å². The Labute approximate surface area is 110 Å². The first-order valence-corrected chi connectivity index (χ1v) is 7.19. The highest BCUT2D eigenvalue weighted by Gasteiger charge is 2.33. The van der Waals surface area contributed by atoms with E-state index in [0.29, 0.717) is 0 Å². The summed E-state index contributed by atoms with van der Waals surface area (Å²) in [6, 6.07) is 2.04. The van der Waals surface area contributed by atoms with Gasteiger partial charge < -0.3 is 5.11 Å². The molecular weight excluding hydrogens is 224 g/mol. The Hall–Kier alpha value is -0.830. The van der Waals surface area contributed by atoms with Crippen molar-refractivity contribution in [3.05, 3.63) is 18.0 Å². The normalized spacial score (nSPS) is 28.8.